The van der Waals surface area contributed by atoms with Crippen molar-refractivity contribution >= 4 is 5.84 Å². The van der Waals surface area contributed by atoms with Gasteiger partial charge in [0.15, 0.2) is 0 Å². The molecule has 116 valence electrons. The van der Waals surface area contributed by atoms with E-state index in [0.717, 1.165) is 0 Å². The number of nitrogens with zero attached hydrogens (tertiary/aromatic N) is 1. The molecule has 4 N–H and O–H groups in total. The molecule has 1 aromatic rings. The highest BCUT2D eigenvalue weighted by molar-refractivity contribution is 5.77. The Labute approximate surface area is 127 Å². The minimum atomic E-state index is 0.0962. The molecule has 1 aromatic carbocycles. The average molecular weight is 289 g/mol. The number of hydrogen-bond acceptors (Lipinski definition) is 3. The summed E-state index contributed by atoms with van der Waals surface area (Å²) < 4.78 is 0. The summed E-state index contributed by atoms with van der Waals surface area (Å²) in [6.07, 6.45) is 6.72. The van der Waals surface area contributed by atoms with E-state index in [1.807, 2.05) is 18.2 Å². The second-order valence-corrected chi connectivity index (χ2v) is 5.91. The Kier molecular flexibility index (Phi) is 6.21. The fraction of sp³-hybridized carbons (Fsp3) is 0.588. The first-order chi connectivity index (χ1) is 10.2. The van der Waals surface area contributed by atoms with Crippen LogP contribution in [0.2, 0.25) is 0 Å². The van der Waals surface area contributed by atoms with Crippen LogP contribution in [-0.2, 0) is 0 Å². The highest BCUT2D eigenvalue weighted by atomic mass is 16.3. The summed E-state index contributed by atoms with van der Waals surface area (Å²) in [6.45, 7) is 0.801. The number of rotatable bonds is 7. The normalized spacial score (nSPS) is 17.8. The molecule has 21 heavy (non-hydrogen) atoms. The van der Waals surface area contributed by atoms with Gasteiger partial charge < -0.3 is 10.8 Å². The van der Waals surface area contributed by atoms with Gasteiger partial charge in [-0.1, -0.05) is 49.6 Å². The van der Waals surface area contributed by atoms with Crippen molar-refractivity contribution in [1.82, 2.24) is 4.90 Å². The van der Waals surface area contributed by atoms with Crippen molar-refractivity contribution in [1.29, 1.82) is 5.41 Å². The maximum atomic E-state index is 9.47. The highest BCUT2D eigenvalue weighted by Crippen LogP contribution is 2.32. The highest BCUT2D eigenvalue weighted by Gasteiger charge is 2.28. The molecule has 1 aliphatic carbocycles. The zero-order chi connectivity index (χ0) is 15.1. The Morgan fingerprint density at radius 1 is 1.24 bits per heavy atom. The van der Waals surface area contributed by atoms with Gasteiger partial charge in [-0.3, -0.25) is 10.3 Å². The van der Waals surface area contributed by atoms with Crippen LogP contribution >= 0.6 is 0 Å². The van der Waals surface area contributed by atoms with E-state index in [1.165, 1.54) is 37.7 Å². The molecule has 0 aliphatic heterocycles. The van der Waals surface area contributed by atoms with Crippen LogP contribution in [0.25, 0.3) is 0 Å². The van der Waals surface area contributed by atoms with Gasteiger partial charge in [-0.05, 0) is 18.4 Å². The lowest BCUT2D eigenvalue weighted by Gasteiger charge is -2.40. The predicted molar refractivity (Wildman–Crippen MR) is 86.4 cm³/mol. The lowest BCUT2D eigenvalue weighted by molar-refractivity contribution is 0.0822. The molecule has 1 aliphatic rings. The molecule has 0 heterocycles. The molecule has 4 nitrogen and oxygen atoms in total. The van der Waals surface area contributed by atoms with Crippen molar-refractivity contribution in [3.05, 3.63) is 35.9 Å². The van der Waals surface area contributed by atoms with Gasteiger partial charge in [-0.25, -0.2) is 0 Å². The van der Waals surface area contributed by atoms with Crippen LogP contribution in [0.1, 0.15) is 50.1 Å². The van der Waals surface area contributed by atoms with Gasteiger partial charge in [0.05, 0.1) is 12.4 Å². The molecule has 1 atom stereocenters. The maximum Gasteiger partial charge on any atom is 0.0924 e. The first kappa shape index (κ1) is 16.0. The number of benzene rings is 1. The smallest absolute Gasteiger partial charge is 0.0924 e. The minimum Gasteiger partial charge on any atom is -0.395 e. The lowest BCUT2D eigenvalue weighted by Crippen LogP contribution is -2.42. The van der Waals surface area contributed by atoms with Gasteiger partial charge in [0.1, 0.15) is 0 Å². The van der Waals surface area contributed by atoms with Gasteiger partial charge in [0.2, 0.25) is 0 Å². The predicted octanol–water partition coefficient (Wildman–Crippen LogP) is 2.68. The number of aliphatic hydroxyl groups excluding tert-OH is 1. The number of hydrogen-bond donors (Lipinski definition) is 3. The van der Waals surface area contributed by atoms with Crippen molar-refractivity contribution in [3.8, 4) is 0 Å². The Morgan fingerprint density at radius 2 is 1.90 bits per heavy atom. The summed E-state index contributed by atoms with van der Waals surface area (Å²) in [4.78, 5) is 2.37. The second-order valence-electron chi connectivity index (χ2n) is 5.91. The van der Waals surface area contributed by atoms with Crippen molar-refractivity contribution in [2.75, 3.05) is 13.2 Å². The number of nitrogens with one attached hydrogen (secondary N) is 1. The fourth-order valence-electron chi connectivity index (χ4n) is 3.43. The van der Waals surface area contributed by atoms with Gasteiger partial charge in [0, 0.05) is 25.0 Å². The topological polar surface area (TPSA) is 73.3 Å². The second kappa shape index (κ2) is 8.15. The molecule has 0 radical (unpaired) electrons. The maximum absolute atomic E-state index is 9.47. The Bertz CT molecular complexity index is 429. The number of nitrogens with two attached hydrogens (primary N) is 1. The van der Waals surface area contributed by atoms with Gasteiger partial charge in [0.25, 0.3) is 0 Å². The number of amidine groups is 1. The largest absolute Gasteiger partial charge is 0.395 e. The Balaban J connectivity index is 2.23. The SMILES string of the molecule is N=C(N)CC(c1ccccc1)N(CCO)C1CCCCC1. The van der Waals surface area contributed by atoms with Gasteiger partial charge in [-0.2, -0.15) is 0 Å². The fourth-order valence-corrected chi connectivity index (χ4v) is 3.43. The molecular weight excluding hydrogens is 262 g/mol. The van der Waals surface area contributed by atoms with Crippen LogP contribution in [0.3, 0.4) is 0 Å². The first-order valence-electron chi connectivity index (χ1n) is 7.97. The summed E-state index contributed by atoms with van der Waals surface area (Å²) in [6, 6.07) is 10.8. The van der Waals surface area contributed by atoms with E-state index >= 15 is 0 Å². The zero-order valence-corrected chi connectivity index (χ0v) is 12.7. The molecule has 1 unspecified atom stereocenters. The van der Waals surface area contributed by atoms with Crippen LogP contribution in [0.4, 0.5) is 0 Å². The van der Waals surface area contributed by atoms with E-state index in [1.54, 1.807) is 0 Å². The van der Waals surface area contributed by atoms with E-state index in [0.29, 0.717) is 19.0 Å². The summed E-state index contributed by atoms with van der Waals surface area (Å²) in [5.41, 5.74) is 6.88. The van der Waals surface area contributed by atoms with E-state index < -0.39 is 0 Å². The minimum absolute atomic E-state index is 0.0962. The monoisotopic (exact) mass is 289 g/mol. The van der Waals surface area contributed by atoms with Gasteiger partial charge in [-0.15, -0.1) is 0 Å². The van der Waals surface area contributed by atoms with Crippen LogP contribution in [0.5, 0.6) is 0 Å². The molecule has 2 rings (SSSR count). The Hall–Kier alpha value is -1.39. The summed E-state index contributed by atoms with van der Waals surface area (Å²) >= 11 is 0. The third kappa shape index (κ3) is 4.55. The van der Waals surface area contributed by atoms with E-state index in [-0.39, 0.29) is 18.5 Å². The van der Waals surface area contributed by atoms with Gasteiger partial charge >= 0.3 is 0 Å². The zero-order valence-electron chi connectivity index (χ0n) is 12.7. The number of aliphatic hydroxyl groups is 1. The van der Waals surface area contributed by atoms with Crippen molar-refractivity contribution in [2.45, 2.75) is 50.6 Å². The van der Waals surface area contributed by atoms with Crippen LogP contribution in [0.15, 0.2) is 30.3 Å². The van der Waals surface area contributed by atoms with Crippen molar-refractivity contribution in [2.24, 2.45) is 5.73 Å². The van der Waals surface area contributed by atoms with Crippen molar-refractivity contribution in [3.63, 3.8) is 0 Å². The first-order valence-corrected chi connectivity index (χ1v) is 7.97. The molecule has 4 heteroatoms. The van der Waals surface area contributed by atoms with Crippen molar-refractivity contribution < 1.29 is 5.11 Å². The van der Waals surface area contributed by atoms with Crippen LogP contribution in [0, 0.1) is 5.41 Å². The molecule has 0 spiro atoms. The van der Waals surface area contributed by atoms with E-state index in [9.17, 15) is 5.11 Å². The van der Waals surface area contributed by atoms with Crippen LogP contribution in [-0.4, -0.2) is 35.0 Å². The Morgan fingerprint density at radius 3 is 2.48 bits per heavy atom. The summed E-state index contributed by atoms with van der Waals surface area (Å²) in [5, 5.41) is 17.2. The quantitative estimate of drug-likeness (QED) is 0.534. The van der Waals surface area contributed by atoms with E-state index in [2.05, 4.69) is 17.0 Å². The molecule has 0 amide bonds. The summed E-state index contributed by atoms with van der Waals surface area (Å²) in [5.74, 6) is 0.211. The lowest BCUT2D eigenvalue weighted by atomic mass is 9.91. The molecule has 1 saturated carbocycles. The molecular formula is C17H27N3O. The van der Waals surface area contributed by atoms with Crippen LogP contribution < -0.4 is 5.73 Å². The molecule has 0 bridgehead atoms. The standard InChI is InChI=1S/C17H27N3O/c18-17(19)13-16(14-7-3-1-4-8-14)20(11-12-21)15-9-5-2-6-10-15/h1,3-4,7-8,15-16,21H,2,5-6,9-13H2,(H3,18,19). The van der Waals surface area contributed by atoms with E-state index in [4.69, 9.17) is 11.1 Å². The summed E-state index contributed by atoms with van der Waals surface area (Å²) in [7, 11) is 0. The molecule has 0 aromatic heterocycles. The molecule has 0 saturated heterocycles. The molecule has 1 fully saturated rings. The average Bonchev–Trinajstić information content (AvgIpc) is 2.52. The third-order valence-corrected chi connectivity index (χ3v) is 4.40. The third-order valence-electron chi connectivity index (χ3n) is 4.40.